The lowest BCUT2D eigenvalue weighted by Crippen LogP contribution is -2.48. The number of hydrogen-bond donors (Lipinski definition) is 1. The lowest BCUT2D eigenvalue weighted by atomic mass is 9.92. The van der Waals surface area contributed by atoms with Crippen LogP contribution in [0.2, 0.25) is 0 Å². The highest BCUT2D eigenvalue weighted by Crippen LogP contribution is 2.34. The van der Waals surface area contributed by atoms with Gasteiger partial charge in [0.1, 0.15) is 5.75 Å². The molecule has 5 heteroatoms. The minimum absolute atomic E-state index is 0.580. The molecule has 26 heavy (non-hydrogen) atoms. The van der Waals surface area contributed by atoms with E-state index in [9.17, 15) is 0 Å². The summed E-state index contributed by atoms with van der Waals surface area (Å²) in [6.45, 7) is 6.16. The molecule has 0 aliphatic carbocycles. The Bertz CT molecular complexity index is 898. The third-order valence-electron chi connectivity index (χ3n) is 5.69. The van der Waals surface area contributed by atoms with Crippen molar-refractivity contribution in [2.45, 2.75) is 12.3 Å². The van der Waals surface area contributed by atoms with Gasteiger partial charge in [0.2, 0.25) is 0 Å². The Morgan fingerprint density at radius 3 is 2.88 bits per heavy atom. The minimum atomic E-state index is 0.580. The average Bonchev–Trinajstić information content (AvgIpc) is 3.18. The van der Waals surface area contributed by atoms with Gasteiger partial charge in [-0.25, -0.2) is 4.98 Å². The molecule has 134 valence electrons. The molecule has 0 spiro atoms. The molecule has 2 aliphatic heterocycles. The van der Waals surface area contributed by atoms with Crippen molar-refractivity contribution >= 4 is 16.7 Å². The van der Waals surface area contributed by atoms with Crippen LogP contribution in [-0.4, -0.2) is 54.2 Å². The number of rotatable bonds is 3. The SMILES string of the molecule is c1ccc2c(c1)OCCC2CN1CCN(c2nccc3cc[nH]c23)CC1. The van der Waals surface area contributed by atoms with Gasteiger partial charge in [0.15, 0.2) is 5.82 Å². The largest absolute Gasteiger partial charge is 0.493 e. The number of aromatic nitrogens is 2. The quantitative estimate of drug-likeness (QED) is 0.789. The van der Waals surface area contributed by atoms with E-state index >= 15 is 0 Å². The number of ether oxygens (including phenoxy) is 1. The van der Waals surface area contributed by atoms with E-state index < -0.39 is 0 Å². The molecule has 1 N–H and O–H groups in total. The first kappa shape index (κ1) is 15.7. The summed E-state index contributed by atoms with van der Waals surface area (Å²) in [5.41, 5.74) is 2.53. The Hall–Kier alpha value is -2.53. The summed E-state index contributed by atoms with van der Waals surface area (Å²) in [6, 6.07) is 12.7. The van der Waals surface area contributed by atoms with E-state index in [-0.39, 0.29) is 0 Å². The molecule has 5 nitrogen and oxygen atoms in total. The molecule has 4 heterocycles. The van der Waals surface area contributed by atoms with Crippen LogP contribution < -0.4 is 9.64 Å². The van der Waals surface area contributed by atoms with E-state index in [4.69, 9.17) is 4.74 Å². The van der Waals surface area contributed by atoms with Crippen LogP contribution in [0.15, 0.2) is 48.8 Å². The van der Waals surface area contributed by atoms with Crippen molar-refractivity contribution in [2.24, 2.45) is 0 Å². The first-order valence-corrected chi connectivity index (χ1v) is 9.49. The van der Waals surface area contributed by atoms with Crippen molar-refractivity contribution < 1.29 is 4.74 Å². The molecule has 1 unspecified atom stereocenters. The summed E-state index contributed by atoms with van der Waals surface area (Å²) in [5.74, 6) is 2.74. The molecule has 0 radical (unpaired) electrons. The minimum Gasteiger partial charge on any atom is -0.493 e. The molecular formula is C21H24N4O. The molecule has 1 fully saturated rings. The predicted octanol–water partition coefficient (Wildman–Crippen LogP) is 3.25. The smallest absolute Gasteiger partial charge is 0.153 e. The second kappa shape index (κ2) is 6.65. The standard InChI is InChI=1S/C21H24N4O/c1-2-4-19-18(3-1)17(7-14-26-19)15-24-10-12-25(13-11-24)21-20-16(5-8-22-20)6-9-23-21/h1-6,8-9,17,22H,7,10-15H2. The number of fused-ring (bicyclic) bond motifs is 2. The second-order valence-corrected chi connectivity index (χ2v) is 7.24. The average molecular weight is 348 g/mol. The number of benzene rings is 1. The van der Waals surface area contributed by atoms with Gasteiger partial charge in [0.05, 0.1) is 12.1 Å². The first-order chi connectivity index (χ1) is 12.9. The van der Waals surface area contributed by atoms with Crippen LogP contribution in [0.25, 0.3) is 10.9 Å². The highest BCUT2D eigenvalue weighted by molar-refractivity contribution is 5.89. The zero-order chi connectivity index (χ0) is 17.3. The van der Waals surface area contributed by atoms with Crippen molar-refractivity contribution in [2.75, 3.05) is 44.2 Å². The van der Waals surface area contributed by atoms with Gasteiger partial charge in [-0.2, -0.15) is 0 Å². The summed E-state index contributed by atoms with van der Waals surface area (Å²) in [7, 11) is 0. The van der Waals surface area contributed by atoms with E-state index in [1.807, 2.05) is 12.4 Å². The zero-order valence-corrected chi connectivity index (χ0v) is 14.9. The van der Waals surface area contributed by atoms with Crippen LogP contribution in [0.4, 0.5) is 5.82 Å². The van der Waals surface area contributed by atoms with Crippen molar-refractivity contribution in [1.29, 1.82) is 0 Å². The Kier molecular flexibility index (Phi) is 4.02. The van der Waals surface area contributed by atoms with Gasteiger partial charge >= 0.3 is 0 Å². The number of hydrogen-bond acceptors (Lipinski definition) is 4. The van der Waals surface area contributed by atoms with Gasteiger partial charge in [-0.15, -0.1) is 0 Å². The van der Waals surface area contributed by atoms with Crippen LogP contribution in [0.3, 0.4) is 0 Å². The molecule has 1 saturated heterocycles. The molecule has 2 aliphatic rings. The number of nitrogens with one attached hydrogen (secondary N) is 1. The molecule has 5 rings (SSSR count). The maximum absolute atomic E-state index is 5.81. The number of para-hydroxylation sites is 1. The topological polar surface area (TPSA) is 44.4 Å². The van der Waals surface area contributed by atoms with E-state index in [0.29, 0.717) is 5.92 Å². The number of aromatic amines is 1. The van der Waals surface area contributed by atoms with Crippen LogP contribution in [0, 0.1) is 0 Å². The normalized spacial score (nSPS) is 20.8. The fraction of sp³-hybridized carbons (Fsp3) is 0.381. The van der Waals surface area contributed by atoms with Crippen LogP contribution in [-0.2, 0) is 0 Å². The molecule has 1 aromatic carbocycles. The molecule has 3 aromatic rings. The van der Waals surface area contributed by atoms with E-state index in [0.717, 1.165) is 62.8 Å². The number of piperazine rings is 1. The van der Waals surface area contributed by atoms with Gasteiger partial charge in [-0.3, -0.25) is 4.90 Å². The Labute approximate surface area is 153 Å². The summed E-state index contributed by atoms with van der Waals surface area (Å²) in [4.78, 5) is 13.0. The number of pyridine rings is 1. The highest BCUT2D eigenvalue weighted by Gasteiger charge is 2.26. The van der Waals surface area contributed by atoms with Gasteiger partial charge in [0, 0.05) is 56.4 Å². The zero-order valence-electron chi connectivity index (χ0n) is 14.9. The Balaban J connectivity index is 1.26. The summed E-state index contributed by atoms with van der Waals surface area (Å²) < 4.78 is 5.81. The number of nitrogens with zero attached hydrogens (tertiary/aromatic N) is 3. The van der Waals surface area contributed by atoms with Gasteiger partial charge in [-0.05, 0) is 30.2 Å². The lowest BCUT2D eigenvalue weighted by molar-refractivity contribution is 0.203. The summed E-state index contributed by atoms with van der Waals surface area (Å²) in [5, 5.41) is 1.23. The Morgan fingerprint density at radius 2 is 1.96 bits per heavy atom. The van der Waals surface area contributed by atoms with E-state index in [1.54, 1.807) is 0 Å². The predicted molar refractivity (Wildman–Crippen MR) is 104 cm³/mol. The molecule has 0 amide bonds. The summed E-state index contributed by atoms with van der Waals surface area (Å²) in [6.07, 6.45) is 5.02. The van der Waals surface area contributed by atoms with Crippen molar-refractivity contribution in [3.05, 3.63) is 54.4 Å². The molecule has 0 saturated carbocycles. The molecule has 1 atom stereocenters. The van der Waals surface area contributed by atoms with E-state index in [2.05, 4.69) is 56.2 Å². The van der Waals surface area contributed by atoms with Gasteiger partial charge in [-0.1, -0.05) is 18.2 Å². The third-order valence-corrected chi connectivity index (χ3v) is 5.69. The maximum Gasteiger partial charge on any atom is 0.153 e. The fourth-order valence-electron chi connectivity index (χ4n) is 4.27. The molecule has 2 aromatic heterocycles. The van der Waals surface area contributed by atoms with Gasteiger partial charge in [0.25, 0.3) is 0 Å². The number of anilines is 1. The second-order valence-electron chi connectivity index (χ2n) is 7.24. The van der Waals surface area contributed by atoms with Crippen molar-refractivity contribution in [1.82, 2.24) is 14.9 Å². The highest BCUT2D eigenvalue weighted by atomic mass is 16.5. The van der Waals surface area contributed by atoms with Gasteiger partial charge < -0.3 is 14.6 Å². The van der Waals surface area contributed by atoms with Crippen LogP contribution in [0.1, 0.15) is 17.9 Å². The monoisotopic (exact) mass is 348 g/mol. The van der Waals surface area contributed by atoms with Crippen molar-refractivity contribution in [3.8, 4) is 5.75 Å². The first-order valence-electron chi connectivity index (χ1n) is 9.49. The number of H-pyrrole nitrogens is 1. The third kappa shape index (κ3) is 2.82. The fourth-order valence-corrected chi connectivity index (χ4v) is 4.27. The Morgan fingerprint density at radius 1 is 1.08 bits per heavy atom. The van der Waals surface area contributed by atoms with Crippen LogP contribution >= 0.6 is 0 Å². The summed E-state index contributed by atoms with van der Waals surface area (Å²) >= 11 is 0. The maximum atomic E-state index is 5.81. The van der Waals surface area contributed by atoms with E-state index in [1.165, 1.54) is 10.9 Å². The van der Waals surface area contributed by atoms with Crippen molar-refractivity contribution in [3.63, 3.8) is 0 Å². The molecule has 0 bridgehead atoms. The molecular weight excluding hydrogens is 324 g/mol. The van der Waals surface area contributed by atoms with Crippen LogP contribution in [0.5, 0.6) is 5.75 Å². The lowest BCUT2D eigenvalue weighted by Gasteiger charge is -2.38.